The number of carbonyl (C=O) groups is 1. The molecule has 1 aromatic carbocycles. The largest absolute Gasteiger partial charge is 0.481 e. The maximum atomic E-state index is 12.8. The van der Waals surface area contributed by atoms with Crippen LogP contribution in [0.5, 0.6) is 0 Å². The molecule has 0 bridgehead atoms. The van der Waals surface area contributed by atoms with E-state index in [0.717, 1.165) is 12.1 Å². The molecular weight excluding hydrogens is 274 g/mol. The van der Waals surface area contributed by atoms with E-state index in [-0.39, 0.29) is 18.7 Å². The van der Waals surface area contributed by atoms with Crippen molar-refractivity contribution in [2.24, 2.45) is 5.92 Å². The van der Waals surface area contributed by atoms with E-state index in [0.29, 0.717) is 0 Å². The Kier molecular flexibility index (Phi) is 5.36. The number of nitro groups is 1. The number of nitro benzene ring substituents is 1. The lowest BCUT2D eigenvalue weighted by Gasteiger charge is -2.12. The predicted octanol–water partition coefficient (Wildman–Crippen LogP) is 3.06. The maximum absolute atomic E-state index is 12.8. The fraction of sp³-hybridized carbons (Fsp3) is 0.417. The van der Waals surface area contributed by atoms with Gasteiger partial charge in [-0.05, 0) is 12.5 Å². The summed E-state index contributed by atoms with van der Waals surface area (Å²) in [5.74, 6) is -1.57. The number of hydrogen-bond acceptors (Lipinski definition) is 4. The summed E-state index contributed by atoms with van der Waals surface area (Å²) in [5.41, 5.74) is -0.810. The highest BCUT2D eigenvalue weighted by molar-refractivity contribution is 5.69. The Balaban J connectivity index is 2.79. The normalized spacial score (nSPS) is 12.2. The highest BCUT2D eigenvalue weighted by Gasteiger charge is 2.18. The fourth-order valence-corrected chi connectivity index (χ4v) is 1.55. The smallest absolute Gasteiger partial charge is 0.306 e. The van der Waals surface area contributed by atoms with Gasteiger partial charge >= 0.3 is 5.97 Å². The van der Waals surface area contributed by atoms with Crippen molar-refractivity contribution in [3.05, 3.63) is 33.9 Å². The Morgan fingerprint density at radius 1 is 1.50 bits per heavy atom. The number of hydrogen-bond donors (Lipinski definition) is 2. The predicted molar refractivity (Wildman–Crippen MR) is 68.0 cm³/mol. The van der Waals surface area contributed by atoms with Crippen molar-refractivity contribution in [3.8, 4) is 0 Å². The van der Waals surface area contributed by atoms with Gasteiger partial charge in [-0.25, -0.2) is 8.78 Å². The molecule has 0 aromatic heterocycles. The van der Waals surface area contributed by atoms with Gasteiger partial charge in [0.2, 0.25) is 0 Å². The summed E-state index contributed by atoms with van der Waals surface area (Å²) in [6.07, 6.45) is -2.59. The molecule has 0 amide bonds. The lowest BCUT2D eigenvalue weighted by Crippen LogP contribution is -2.15. The number of nitrogens with zero attached hydrogens (tertiary/aromatic N) is 1. The molecule has 0 fully saturated rings. The van der Waals surface area contributed by atoms with E-state index in [4.69, 9.17) is 5.11 Å². The zero-order valence-electron chi connectivity index (χ0n) is 10.7. The minimum absolute atomic E-state index is 0.0724. The number of nitrogens with one attached hydrogen (secondary N) is 1. The number of aliphatic carboxylic acids is 1. The second kappa shape index (κ2) is 6.78. The monoisotopic (exact) mass is 288 g/mol. The zero-order chi connectivity index (χ0) is 15.3. The Morgan fingerprint density at radius 2 is 2.15 bits per heavy atom. The Morgan fingerprint density at radius 3 is 2.65 bits per heavy atom. The molecule has 0 saturated carbocycles. The Bertz CT molecular complexity index is 508. The molecule has 1 rings (SSSR count). The first-order chi connectivity index (χ1) is 9.32. The summed E-state index contributed by atoms with van der Waals surface area (Å²) in [6, 6.07) is 3.13. The van der Waals surface area contributed by atoms with Gasteiger partial charge in [-0.3, -0.25) is 14.9 Å². The molecule has 0 radical (unpaired) electrons. The van der Waals surface area contributed by atoms with E-state index in [9.17, 15) is 23.7 Å². The van der Waals surface area contributed by atoms with Crippen molar-refractivity contribution in [1.29, 1.82) is 0 Å². The minimum Gasteiger partial charge on any atom is -0.481 e. The SMILES string of the molecule is CC(CCNc1ccc([N+](=O)[O-])cc1C(F)F)C(=O)O. The van der Waals surface area contributed by atoms with Crippen LogP contribution < -0.4 is 5.32 Å². The van der Waals surface area contributed by atoms with Crippen LogP contribution in [-0.2, 0) is 4.79 Å². The van der Waals surface area contributed by atoms with Gasteiger partial charge in [-0.1, -0.05) is 6.92 Å². The molecule has 0 aliphatic heterocycles. The minimum atomic E-state index is -2.85. The molecule has 2 N–H and O–H groups in total. The van der Waals surface area contributed by atoms with Crippen LogP contribution in [0.15, 0.2) is 18.2 Å². The first-order valence-electron chi connectivity index (χ1n) is 5.86. The molecule has 0 heterocycles. The number of alkyl halides is 2. The van der Waals surface area contributed by atoms with E-state index in [1.54, 1.807) is 0 Å². The van der Waals surface area contributed by atoms with Crippen LogP contribution in [0.3, 0.4) is 0 Å². The van der Waals surface area contributed by atoms with E-state index in [1.807, 2.05) is 0 Å². The quantitative estimate of drug-likeness (QED) is 0.594. The standard InChI is InChI=1S/C12H14F2N2O4/c1-7(12(17)18)4-5-15-10-3-2-8(16(19)20)6-9(10)11(13)14/h2-3,6-7,11,15H,4-5H2,1H3,(H,17,18). The highest BCUT2D eigenvalue weighted by atomic mass is 19.3. The van der Waals surface area contributed by atoms with Crippen LogP contribution in [0.25, 0.3) is 0 Å². The summed E-state index contributed by atoms with van der Waals surface area (Å²) in [5, 5.41) is 21.9. The summed E-state index contributed by atoms with van der Waals surface area (Å²) in [7, 11) is 0. The first-order valence-corrected chi connectivity index (χ1v) is 5.86. The second-order valence-corrected chi connectivity index (χ2v) is 4.28. The van der Waals surface area contributed by atoms with Gasteiger partial charge in [0.25, 0.3) is 12.1 Å². The van der Waals surface area contributed by atoms with Gasteiger partial charge in [0.05, 0.1) is 10.8 Å². The molecule has 1 atom stereocenters. The van der Waals surface area contributed by atoms with Gasteiger partial charge in [0.1, 0.15) is 0 Å². The third-order valence-electron chi connectivity index (χ3n) is 2.80. The van der Waals surface area contributed by atoms with E-state index >= 15 is 0 Å². The van der Waals surface area contributed by atoms with Crippen molar-refractivity contribution >= 4 is 17.3 Å². The molecule has 0 spiro atoms. The first kappa shape index (κ1) is 15.8. The van der Waals surface area contributed by atoms with Gasteiger partial charge < -0.3 is 10.4 Å². The van der Waals surface area contributed by atoms with E-state index in [1.165, 1.54) is 13.0 Å². The summed E-state index contributed by atoms with van der Waals surface area (Å²) in [6.45, 7) is 1.69. The van der Waals surface area contributed by atoms with Gasteiger partial charge in [0.15, 0.2) is 0 Å². The Hall–Kier alpha value is -2.25. The number of benzene rings is 1. The average Bonchev–Trinajstić information content (AvgIpc) is 2.38. The number of halogens is 2. The molecular formula is C12H14F2N2O4. The molecule has 0 saturated heterocycles. The topological polar surface area (TPSA) is 92.5 Å². The summed E-state index contributed by atoms with van der Waals surface area (Å²) in [4.78, 5) is 20.4. The molecule has 6 nitrogen and oxygen atoms in total. The number of anilines is 1. The number of non-ortho nitro benzene ring substituents is 1. The number of rotatable bonds is 7. The molecule has 20 heavy (non-hydrogen) atoms. The molecule has 0 aliphatic rings. The van der Waals surface area contributed by atoms with Crippen molar-refractivity contribution in [2.45, 2.75) is 19.8 Å². The van der Waals surface area contributed by atoms with Crippen LogP contribution in [0, 0.1) is 16.0 Å². The van der Waals surface area contributed by atoms with E-state index in [2.05, 4.69) is 5.32 Å². The molecule has 1 aromatic rings. The van der Waals surface area contributed by atoms with Crippen LogP contribution in [0.4, 0.5) is 20.2 Å². The van der Waals surface area contributed by atoms with Crippen LogP contribution in [0.2, 0.25) is 0 Å². The second-order valence-electron chi connectivity index (χ2n) is 4.28. The van der Waals surface area contributed by atoms with Crippen molar-refractivity contribution in [1.82, 2.24) is 0 Å². The molecule has 1 unspecified atom stereocenters. The van der Waals surface area contributed by atoms with Gasteiger partial charge in [-0.15, -0.1) is 0 Å². The molecule has 110 valence electrons. The number of carboxylic acid groups (broad SMARTS) is 1. The fourth-order valence-electron chi connectivity index (χ4n) is 1.55. The third kappa shape index (κ3) is 4.15. The van der Waals surface area contributed by atoms with Crippen molar-refractivity contribution in [3.63, 3.8) is 0 Å². The Labute approximate surface area is 113 Å². The summed E-state index contributed by atoms with van der Waals surface area (Å²) < 4.78 is 25.7. The van der Waals surface area contributed by atoms with Crippen LogP contribution >= 0.6 is 0 Å². The van der Waals surface area contributed by atoms with Crippen LogP contribution in [-0.4, -0.2) is 22.5 Å². The van der Waals surface area contributed by atoms with Crippen LogP contribution in [0.1, 0.15) is 25.3 Å². The van der Waals surface area contributed by atoms with Crippen molar-refractivity contribution < 1.29 is 23.6 Å². The maximum Gasteiger partial charge on any atom is 0.306 e. The van der Waals surface area contributed by atoms with Crippen molar-refractivity contribution in [2.75, 3.05) is 11.9 Å². The third-order valence-corrected chi connectivity index (χ3v) is 2.80. The average molecular weight is 288 g/mol. The van der Waals surface area contributed by atoms with E-state index < -0.39 is 34.5 Å². The van der Waals surface area contributed by atoms with Gasteiger partial charge in [-0.2, -0.15) is 0 Å². The summed E-state index contributed by atoms with van der Waals surface area (Å²) >= 11 is 0. The van der Waals surface area contributed by atoms with Gasteiger partial charge in [0, 0.05) is 29.9 Å². The lowest BCUT2D eigenvalue weighted by atomic mass is 10.1. The highest BCUT2D eigenvalue weighted by Crippen LogP contribution is 2.30. The number of carboxylic acids is 1. The lowest BCUT2D eigenvalue weighted by molar-refractivity contribution is -0.385. The molecule has 0 aliphatic carbocycles. The zero-order valence-corrected chi connectivity index (χ0v) is 10.7. The molecule has 8 heteroatoms.